The van der Waals surface area contributed by atoms with Gasteiger partial charge in [-0.2, -0.15) is 0 Å². The number of ether oxygens (including phenoxy) is 1. The molecule has 0 aliphatic heterocycles. The van der Waals surface area contributed by atoms with E-state index in [0.29, 0.717) is 16.9 Å². The van der Waals surface area contributed by atoms with Gasteiger partial charge in [-0.05, 0) is 66.6 Å². The maximum Gasteiger partial charge on any atom is 0.161 e. The highest BCUT2D eigenvalue weighted by Crippen LogP contribution is 2.28. The number of rotatable bonds is 4. The van der Waals surface area contributed by atoms with Crippen LogP contribution in [0.1, 0.15) is 39.3 Å². The van der Waals surface area contributed by atoms with Gasteiger partial charge in [-0.15, -0.1) is 0 Å². The normalized spacial score (nSPS) is 11.2. The zero-order valence-corrected chi connectivity index (χ0v) is 15.4. The molecule has 0 saturated heterocycles. The molecule has 0 aliphatic rings. The summed E-state index contributed by atoms with van der Waals surface area (Å²) in [4.78, 5) is 9.03. The van der Waals surface area contributed by atoms with E-state index in [9.17, 15) is 0 Å². The lowest BCUT2D eigenvalue weighted by atomic mass is 10.1. The second-order valence-corrected chi connectivity index (χ2v) is 6.82. The second kappa shape index (κ2) is 6.92. The van der Waals surface area contributed by atoms with Crippen molar-refractivity contribution in [3.05, 3.63) is 38.7 Å². The third-order valence-corrected chi connectivity index (χ3v) is 4.52. The van der Waals surface area contributed by atoms with Gasteiger partial charge >= 0.3 is 0 Å². The Labute approximate surface area is 144 Å². The summed E-state index contributed by atoms with van der Waals surface area (Å²) in [6.45, 7) is 8.21. The Kier molecular flexibility index (Phi) is 5.43. The average Bonchev–Trinajstić information content (AvgIpc) is 2.41. The zero-order chi connectivity index (χ0) is 15.6. The van der Waals surface area contributed by atoms with Crippen LogP contribution < -0.4 is 4.74 Å². The Morgan fingerprint density at radius 2 is 1.67 bits per heavy atom. The standard InChI is InChI=1S/C16H18ClIN2O/c1-9(2)14-13(18)15(17)20-16(19-14)11-5-7-12(8-6-11)21-10(3)4/h5-10H,1-4H3. The first kappa shape index (κ1) is 16.5. The van der Waals surface area contributed by atoms with Gasteiger partial charge in [-0.25, -0.2) is 9.97 Å². The van der Waals surface area contributed by atoms with Crippen molar-refractivity contribution in [3.8, 4) is 17.1 Å². The summed E-state index contributed by atoms with van der Waals surface area (Å²) in [5.74, 6) is 1.80. The van der Waals surface area contributed by atoms with Crippen molar-refractivity contribution in [2.45, 2.75) is 39.7 Å². The molecule has 0 radical (unpaired) electrons. The summed E-state index contributed by atoms with van der Waals surface area (Å²) in [6.07, 6.45) is 0.160. The summed E-state index contributed by atoms with van der Waals surface area (Å²) in [5.41, 5.74) is 1.92. The Morgan fingerprint density at radius 3 is 2.19 bits per heavy atom. The van der Waals surface area contributed by atoms with Crippen LogP contribution >= 0.6 is 34.2 Å². The first-order chi connectivity index (χ1) is 9.88. The van der Waals surface area contributed by atoms with Crippen molar-refractivity contribution in [3.63, 3.8) is 0 Å². The van der Waals surface area contributed by atoms with E-state index in [-0.39, 0.29) is 6.10 Å². The number of nitrogens with zero attached hydrogens (tertiary/aromatic N) is 2. The molecule has 0 unspecified atom stereocenters. The van der Waals surface area contributed by atoms with Crippen molar-refractivity contribution in [2.24, 2.45) is 0 Å². The molecule has 21 heavy (non-hydrogen) atoms. The van der Waals surface area contributed by atoms with Crippen LogP contribution in [0.5, 0.6) is 5.75 Å². The van der Waals surface area contributed by atoms with Crippen LogP contribution in [-0.4, -0.2) is 16.1 Å². The third-order valence-electron chi connectivity index (χ3n) is 2.87. The predicted molar refractivity (Wildman–Crippen MR) is 95.0 cm³/mol. The molecule has 2 rings (SSSR count). The van der Waals surface area contributed by atoms with Gasteiger partial charge in [0.25, 0.3) is 0 Å². The molecule has 1 aromatic carbocycles. The highest BCUT2D eigenvalue weighted by Gasteiger charge is 2.14. The van der Waals surface area contributed by atoms with Crippen molar-refractivity contribution >= 4 is 34.2 Å². The van der Waals surface area contributed by atoms with Crippen LogP contribution in [0.25, 0.3) is 11.4 Å². The minimum Gasteiger partial charge on any atom is -0.491 e. The fraction of sp³-hybridized carbons (Fsp3) is 0.375. The Bertz CT molecular complexity index is 627. The van der Waals surface area contributed by atoms with Crippen molar-refractivity contribution < 1.29 is 4.74 Å². The van der Waals surface area contributed by atoms with Crippen molar-refractivity contribution in [1.29, 1.82) is 0 Å². The van der Waals surface area contributed by atoms with E-state index in [1.807, 2.05) is 38.1 Å². The van der Waals surface area contributed by atoms with Gasteiger partial charge in [0.1, 0.15) is 10.9 Å². The molecule has 0 saturated carbocycles. The summed E-state index contributed by atoms with van der Waals surface area (Å²) in [7, 11) is 0. The van der Waals surface area contributed by atoms with E-state index in [1.54, 1.807) is 0 Å². The van der Waals surface area contributed by atoms with Gasteiger partial charge in [0.2, 0.25) is 0 Å². The molecule has 0 amide bonds. The highest BCUT2D eigenvalue weighted by atomic mass is 127. The smallest absolute Gasteiger partial charge is 0.161 e. The molecule has 1 aromatic heterocycles. The van der Waals surface area contributed by atoms with Gasteiger partial charge in [0, 0.05) is 5.56 Å². The van der Waals surface area contributed by atoms with Crippen LogP contribution in [0.15, 0.2) is 24.3 Å². The van der Waals surface area contributed by atoms with Crippen molar-refractivity contribution in [1.82, 2.24) is 9.97 Å². The summed E-state index contributed by atoms with van der Waals surface area (Å²) in [5, 5.41) is 0.506. The minimum absolute atomic E-state index is 0.160. The summed E-state index contributed by atoms with van der Waals surface area (Å²) in [6, 6.07) is 7.78. The van der Waals surface area contributed by atoms with Crippen molar-refractivity contribution in [2.75, 3.05) is 0 Å². The molecule has 112 valence electrons. The van der Waals surface area contributed by atoms with E-state index in [2.05, 4.69) is 46.4 Å². The van der Waals surface area contributed by atoms with Gasteiger partial charge in [-0.1, -0.05) is 25.4 Å². The number of benzene rings is 1. The predicted octanol–water partition coefficient (Wildman–Crippen LogP) is 5.31. The van der Waals surface area contributed by atoms with E-state index >= 15 is 0 Å². The number of hydrogen-bond donors (Lipinski definition) is 0. The van der Waals surface area contributed by atoms with Gasteiger partial charge in [0.05, 0.1) is 15.4 Å². The molecule has 5 heteroatoms. The van der Waals surface area contributed by atoms with Gasteiger partial charge < -0.3 is 4.74 Å². The van der Waals surface area contributed by atoms with Crippen LogP contribution in [0.3, 0.4) is 0 Å². The van der Waals surface area contributed by atoms with Crippen LogP contribution in [0.2, 0.25) is 5.15 Å². The van der Waals surface area contributed by atoms with Crippen LogP contribution in [0, 0.1) is 3.57 Å². The Balaban J connectivity index is 2.38. The molecule has 0 aliphatic carbocycles. The summed E-state index contributed by atoms with van der Waals surface area (Å²) < 4.78 is 6.57. The van der Waals surface area contributed by atoms with Crippen LogP contribution in [0.4, 0.5) is 0 Å². The lowest BCUT2D eigenvalue weighted by Crippen LogP contribution is -2.05. The molecule has 0 fully saturated rings. The first-order valence-corrected chi connectivity index (χ1v) is 8.34. The van der Waals surface area contributed by atoms with E-state index < -0.39 is 0 Å². The maximum absolute atomic E-state index is 6.23. The topological polar surface area (TPSA) is 35.0 Å². The minimum atomic E-state index is 0.160. The van der Waals surface area contributed by atoms with Gasteiger partial charge in [-0.3, -0.25) is 0 Å². The fourth-order valence-electron chi connectivity index (χ4n) is 1.90. The molecule has 0 bridgehead atoms. The second-order valence-electron chi connectivity index (χ2n) is 5.38. The third kappa shape index (κ3) is 4.07. The Morgan fingerprint density at radius 1 is 1.05 bits per heavy atom. The fourth-order valence-corrected chi connectivity index (χ4v) is 2.94. The molecule has 0 atom stereocenters. The molecule has 1 heterocycles. The van der Waals surface area contributed by atoms with E-state index in [4.69, 9.17) is 16.3 Å². The van der Waals surface area contributed by atoms with Crippen LogP contribution in [-0.2, 0) is 0 Å². The molecule has 0 N–H and O–H groups in total. The lowest BCUT2D eigenvalue weighted by Gasteiger charge is -2.12. The molecular formula is C16H18ClIN2O. The quantitative estimate of drug-likeness (QED) is 0.500. The highest BCUT2D eigenvalue weighted by molar-refractivity contribution is 14.1. The number of aromatic nitrogens is 2. The van der Waals surface area contributed by atoms with E-state index in [1.165, 1.54) is 0 Å². The largest absolute Gasteiger partial charge is 0.491 e. The van der Waals surface area contributed by atoms with E-state index in [0.717, 1.165) is 20.6 Å². The SMILES string of the molecule is CC(C)Oc1ccc(-c2nc(Cl)c(I)c(C(C)C)n2)cc1. The number of halogens is 2. The Hall–Kier alpha value is -0.880. The lowest BCUT2D eigenvalue weighted by molar-refractivity contribution is 0.242. The maximum atomic E-state index is 6.23. The first-order valence-electron chi connectivity index (χ1n) is 6.88. The molecular weight excluding hydrogens is 399 g/mol. The molecule has 2 aromatic rings. The zero-order valence-electron chi connectivity index (χ0n) is 12.5. The monoisotopic (exact) mass is 416 g/mol. The molecule has 3 nitrogen and oxygen atoms in total. The summed E-state index contributed by atoms with van der Waals surface area (Å²) >= 11 is 8.43. The average molecular weight is 417 g/mol. The van der Waals surface area contributed by atoms with Gasteiger partial charge in [0.15, 0.2) is 5.82 Å². The number of hydrogen-bond acceptors (Lipinski definition) is 3. The molecule has 0 spiro atoms.